The standard InChI is InChI=1S/C6H16N3O3P/c1-8-4-5-9(2)6(8)7-13(10,11)12-3/h10-11,13H,4-5H2,1-3H3. The fourth-order valence-electron chi connectivity index (χ4n) is 1.14. The van der Waals surface area contributed by atoms with Crippen LogP contribution >= 0.6 is 8.09 Å². The van der Waals surface area contributed by atoms with Crippen LogP contribution in [0, 0.1) is 0 Å². The Morgan fingerprint density at radius 2 is 1.77 bits per heavy atom. The summed E-state index contributed by atoms with van der Waals surface area (Å²) in [4.78, 5) is 22.2. The van der Waals surface area contributed by atoms with Gasteiger partial charge in [0.2, 0.25) is 0 Å². The molecule has 0 aliphatic carbocycles. The van der Waals surface area contributed by atoms with E-state index in [1.165, 1.54) is 7.11 Å². The van der Waals surface area contributed by atoms with E-state index in [1.807, 2.05) is 23.9 Å². The molecule has 1 aliphatic rings. The molecule has 0 amide bonds. The number of guanidine groups is 1. The Kier molecular flexibility index (Phi) is 3.08. The summed E-state index contributed by atoms with van der Waals surface area (Å²) < 4.78 is 8.29. The molecule has 78 valence electrons. The third-order valence-corrected chi connectivity index (χ3v) is 3.01. The van der Waals surface area contributed by atoms with Gasteiger partial charge in [0.05, 0.1) is 0 Å². The van der Waals surface area contributed by atoms with Crippen molar-refractivity contribution in [1.82, 2.24) is 9.80 Å². The Bertz CT molecular complexity index is 209. The van der Waals surface area contributed by atoms with Gasteiger partial charge < -0.3 is 0 Å². The quantitative estimate of drug-likeness (QED) is 0.586. The van der Waals surface area contributed by atoms with Crippen molar-refractivity contribution in [1.29, 1.82) is 0 Å². The summed E-state index contributed by atoms with van der Waals surface area (Å²) in [5, 5.41) is 0. The number of nitrogens with zero attached hydrogens (tertiary/aromatic N) is 3. The van der Waals surface area contributed by atoms with E-state index in [2.05, 4.69) is 9.29 Å². The van der Waals surface area contributed by atoms with Crippen molar-refractivity contribution in [3.05, 3.63) is 0 Å². The Balaban J connectivity index is 2.79. The minimum atomic E-state index is -3.82. The molecule has 0 unspecified atom stereocenters. The van der Waals surface area contributed by atoms with E-state index in [0.717, 1.165) is 13.1 Å². The monoisotopic (exact) mass is 209 g/mol. The summed E-state index contributed by atoms with van der Waals surface area (Å²) in [7, 11) is 1.12. The summed E-state index contributed by atoms with van der Waals surface area (Å²) in [6.45, 7) is 1.67. The maximum absolute atomic E-state index is 9.25. The third kappa shape index (κ3) is 2.51. The van der Waals surface area contributed by atoms with Gasteiger partial charge in [-0.1, -0.05) is 0 Å². The Morgan fingerprint density at radius 3 is 2.15 bits per heavy atom. The summed E-state index contributed by atoms with van der Waals surface area (Å²) in [5.41, 5.74) is 0. The molecule has 0 bridgehead atoms. The first-order valence-electron chi connectivity index (χ1n) is 3.98. The van der Waals surface area contributed by atoms with Crippen LogP contribution in [0.25, 0.3) is 0 Å². The van der Waals surface area contributed by atoms with Crippen molar-refractivity contribution >= 4 is 14.1 Å². The zero-order chi connectivity index (χ0) is 10.1. The van der Waals surface area contributed by atoms with Gasteiger partial charge in [-0.15, -0.1) is 0 Å². The number of hydrogen-bond acceptors (Lipinski definition) is 4. The summed E-state index contributed by atoms with van der Waals surface area (Å²) >= 11 is 0. The van der Waals surface area contributed by atoms with Gasteiger partial charge in [0.15, 0.2) is 0 Å². The summed E-state index contributed by atoms with van der Waals surface area (Å²) in [6, 6.07) is 0. The van der Waals surface area contributed by atoms with Gasteiger partial charge in [-0.3, -0.25) is 0 Å². The number of hydrogen-bond donors (Lipinski definition) is 2. The van der Waals surface area contributed by atoms with Crippen LogP contribution in [-0.2, 0) is 4.52 Å². The predicted octanol–water partition coefficient (Wildman–Crippen LogP) is -0.740. The molecule has 0 saturated carbocycles. The SMILES string of the molecule is CO[PH](O)(O)N=C1N(C)CCN1C. The normalized spacial score (nSPS) is 19.6. The van der Waals surface area contributed by atoms with Crippen LogP contribution in [-0.4, -0.2) is 59.8 Å². The molecule has 1 rings (SSSR count). The fourth-order valence-corrected chi connectivity index (χ4v) is 1.83. The van der Waals surface area contributed by atoms with Gasteiger partial charge in [-0.2, -0.15) is 0 Å². The Labute approximate surface area is 78.1 Å². The molecule has 1 heterocycles. The molecular weight excluding hydrogens is 193 g/mol. The van der Waals surface area contributed by atoms with Gasteiger partial charge in [-0.05, 0) is 0 Å². The first-order valence-corrected chi connectivity index (χ1v) is 5.73. The Morgan fingerprint density at radius 1 is 1.31 bits per heavy atom. The van der Waals surface area contributed by atoms with Crippen LogP contribution in [0.2, 0.25) is 0 Å². The average Bonchev–Trinajstić information content (AvgIpc) is 2.36. The molecule has 6 nitrogen and oxygen atoms in total. The average molecular weight is 209 g/mol. The van der Waals surface area contributed by atoms with Crippen molar-refractivity contribution in [3.8, 4) is 0 Å². The van der Waals surface area contributed by atoms with Crippen LogP contribution in [0.1, 0.15) is 0 Å². The van der Waals surface area contributed by atoms with E-state index in [-0.39, 0.29) is 0 Å². The molecule has 1 saturated heterocycles. The number of rotatable bonds is 2. The first kappa shape index (κ1) is 10.7. The van der Waals surface area contributed by atoms with E-state index < -0.39 is 8.09 Å². The van der Waals surface area contributed by atoms with E-state index in [9.17, 15) is 9.79 Å². The van der Waals surface area contributed by atoms with Crippen LogP contribution in [0.3, 0.4) is 0 Å². The fraction of sp³-hybridized carbons (Fsp3) is 0.833. The third-order valence-electron chi connectivity index (χ3n) is 1.97. The zero-order valence-corrected chi connectivity index (χ0v) is 9.06. The molecule has 0 aromatic heterocycles. The molecule has 1 aliphatic heterocycles. The van der Waals surface area contributed by atoms with Crippen LogP contribution in [0.5, 0.6) is 0 Å². The molecule has 0 atom stereocenters. The molecule has 7 heteroatoms. The number of likely N-dealkylation sites (N-methyl/N-ethyl adjacent to an activating group) is 2. The van der Waals surface area contributed by atoms with Crippen molar-refractivity contribution in [3.63, 3.8) is 0 Å². The van der Waals surface area contributed by atoms with E-state index >= 15 is 0 Å². The second-order valence-corrected chi connectivity index (χ2v) is 4.81. The minimum absolute atomic E-state index is 0.568. The van der Waals surface area contributed by atoms with Crippen molar-refractivity contribution in [2.45, 2.75) is 0 Å². The summed E-state index contributed by atoms with van der Waals surface area (Å²) in [5.74, 6) is 0.568. The van der Waals surface area contributed by atoms with Gasteiger partial charge in [0.1, 0.15) is 0 Å². The second-order valence-electron chi connectivity index (χ2n) is 3.03. The van der Waals surface area contributed by atoms with E-state index in [4.69, 9.17) is 0 Å². The van der Waals surface area contributed by atoms with Crippen LogP contribution < -0.4 is 0 Å². The molecule has 0 radical (unpaired) electrons. The molecular formula is C6H16N3O3P. The molecule has 0 aromatic carbocycles. The van der Waals surface area contributed by atoms with Crippen molar-refractivity contribution < 1.29 is 14.3 Å². The first-order chi connectivity index (χ1) is 5.96. The summed E-state index contributed by atoms with van der Waals surface area (Å²) in [6.07, 6.45) is 0. The van der Waals surface area contributed by atoms with Crippen LogP contribution in [0.4, 0.5) is 0 Å². The van der Waals surface area contributed by atoms with Gasteiger partial charge in [0, 0.05) is 0 Å². The molecule has 0 aromatic rings. The molecule has 2 N–H and O–H groups in total. The Hall–Kier alpha value is -0.420. The van der Waals surface area contributed by atoms with E-state index in [0.29, 0.717) is 5.96 Å². The van der Waals surface area contributed by atoms with Gasteiger partial charge in [0.25, 0.3) is 0 Å². The second kappa shape index (κ2) is 3.75. The van der Waals surface area contributed by atoms with Crippen molar-refractivity contribution in [2.75, 3.05) is 34.3 Å². The predicted molar refractivity (Wildman–Crippen MR) is 52.5 cm³/mol. The topological polar surface area (TPSA) is 68.5 Å². The van der Waals surface area contributed by atoms with Crippen LogP contribution in [0.15, 0.2) is 4.76 Å². The zero-order valence-electron chi connectivity index (χ0n) is 8.06. The maximum atomic E-state index is 9.25. The molecule has 1 fully saturated rings. The van der Waals surface area contributed by atoms with E-state index in [1.54, 1.807) is 0 Å². The van der Waals surface area contributed by atoms with Crippen molar-refractivity contribution in [2.24, 2.45) is 4.76 Å². The molecule has 13 heavy (non-hydrogen) atoms. The molecule has 0 spiro atoms. The van der Waals surface area contributed by atoms with Gasteiger partial charge in [-0.25, -0.2) is 0 Å². The van der Waals surface area contributed by atoms with Gasteiger partial charge >= 0.3 is 77.2 Å².